The van der Waals surface area contributed by atoms with Crippen molar-refractivity contribution in [1.82, 2.24) is 9.78 Å². The maximum absolute atomic E-state index is 12.8. The number of esters is 3. The van der Waals surface area contributed by atoms with Gasteiger partial charge in [0, 0.05) is 23.1 Å². The van der Waals surface area contributed by atoms with Crippen LogP contribution in [0, 0.1) is 10.1 Å². The van der Waals surface area contributed by atoms with E-state index in [0.29, 0.717) is 10.9 Å². The number of benzene rings is 1. The molecule has 0 bridgehead atoms. The molecule has 0 spiro atoms. The number of hydrogen-bond acceptors (Lipinski definition) is 11. The minimum atomic E-state index is -0.877. The van der Waals surface area contributed by atoms with Crippen molar-refractivity contribution in [2.75, 3.05) is 26.6 Å². The van der Waals surface area contributed by atoms with E-state index in [-0.39, 0.29) is 33.2 Å². The molecule has 1 N–H and O–H groups in total. The zero-order valence-corrected chi connectivity index (χ0v) is 19.0. The number of nitrogens with one attached hydrogen (secondary N) is 1. The van der Waals surface area contributed by atoms with E-state index in [2.05, 4.69) is 15.2 Å². The zero-order chi connectivity index (χ0) is 25.0. The minimum Gasteiger partial charge on any atom is -0.469 e. The van der Waals surface area contributed by atoms with E-state index in [1.54, 1.807) is 0 Å². The molecule has 34 heavy (non-hydrogen) atoms. The summed E-state index contributed by atoms with van der Waals surface area (Å²) in [5.41, 5.74) is 0.184. The molecular weight excluding hydrogens is 472 g/mol. The Bertz CT molecular complexity index is 1310. The number of nitrogens with zero attached hydrogens (tertiary/aromatic N) is 3. The van der Waals surface area contributed by atoms with Gasteiger partial charge in [-0.25, -0.2) is 9.59 Å². The van der Waals surface area contributed by atoms with Crippen LogP contribution < -0.4 is 5.32 Å². The second-order valence-corrected chi connectivity index (χ2v) is 7.72. The highest BCUT2D eigenvalue weighted by Crippen LogP contribution is 2.35. The van der Waals surface area contributed by atoms with Gasteiger partial charge in [0.2, 0.25) is 5.91 Å². The van der Waals surface area contributed by atoms with Crippen molar-refractivity contribution in [3.05, 3.63) is 50.5 Å². The third kappa shape index (κ3) is 4.85. The highest BCUT2D eigenvalue weighted by atomic mass is 32.1. The summed E-state index contributed by atoms with van der Waals surface area (Å²) in [6.07, 6.45) is 0.949. The van der Waals surface area contributed by atoms with Gasteiger partial charge in [0.15, 0.2) is 0 Å². The molecule has 0 aliphatic rings. The molecule has 0 unspecified atom stereocenters. The van der Waals surface area contributed by atoms with E-state index >= 15 is 0 Å². The van der Waals surface area contributed by atoms with Gasteiger partial charge in [0.1, 0.15) is 16.4 Å². The predicted molar refractivity (Wildman–Crippen MR) is 118 cm³/mol. The highest BCUT2D eigenvalue weighted by Gasteiger charge is 2.30. The average molecular weight is 490 g/mol. The molecule has 3 rings (SSSR count). The second-order valence-electron chi connectivity index (χ2n) is 6.70. The Morgan fingerprint density at radius 2 is 1.82 bits per heavy atom. The van der Waals surface area contributed by atoms with Crippen LogP contribution in [-0.4, -0.2) is 59.8 Å². The maximum atomic E-state index is 12.8. The van der Waals surface area contributed by atoms with E-state index in [1.165, 1.54) is 29.1 Å². The first-order valence-electron chi connectivity index (χ1n) is 9.49. The largest absolute Gasteiger partial charge is 0.469 e. The van der Waals surface area contributed by atoms with Crippen LogP contribution in [0.3, 0.4) is 0 Å². The Hall–Kier alpha value is -4.33. The SMILES string of the molecule is COC(=O)Cc1c(C(=O)OC)sc(NC(=O)Cn2ncc3cc([N+](=O)[O-])ccc32)c1C(=O)OC. The van der Waals surface area contributed by atoms with E-state index < -0.39 is 35.2 Å². The molecule has 0 aliphatic carbocycles. The molecule has 0 aliphatic heterocycles. The van der Waals surface area contributed by atoms with Crippen molar-refractivity contribution in [3.63, 3.8) is 0 Å². The fourth-order valence-electron chi connectivity index (χ4n) is 3.13. The molecule has 1 amide bonds. The Balaban J connectivity index is 1.95. The number of anilines is 1. The monoisotopic (exact) mass is 490 g/mol. The molecule has 178 valence electrons. The Labute approximate surface area is 195 Å². The van der Waals surface area contributed by atoms with Crippen LogP contribution in [0.1, 0.15) is 25.6 Å². The molecule has 14 heteroatoms. The standard InChI is InChI=1S/C20H18N4O9S/c1-31-15(26)7-12-16(19(27)32-2)18(34-17(12)20(28)33-3)22-14(25)9-23-13-5-4-11(24(29)30)6-10(13)8-21-23/h4-6,8H,7,9H2,1-3H3,(H,22,25). The van der Waals surface area contributed by atoms with Crippen LogP contribution in [0.25, 0.3) is 10.9 Å². The van der Waals surface area contributed by atoms with Crippen LogP contribution in [-0.2, 0) is 36.8 Å². The van der Waals surface area contributed by atoms with Gasteiger partial charge < -0.3 is 19.5 Å². The van der Waals surface area contributed by atoms with Crippen molar-refractivity contribution in [3.8, 4) is 0 Å². The fraction of sp³-hybridized carbons (Fsp3) is 0.250. The molecule has 2 heterocycles. The predicted octanol–water partition coefficient (Wildman–Crippen LogP) is 1.93. The number of rotatable bonds is 8. The number of carbonyl (C=O) groups excluding carboxylic acids is 4. The molecule has 1 aromatic carbocycles. The number of thiophene rings is 1. The molecule has 2 aromatic heterocycles. The summed E-state index contributed by atoms with van der Waals surface area (Å²) in [6, 6.07) is 4.07. The molecular formula is C20H18N4O9S. The number of nitro benzene ring substituents is 1. The van der Waals surface area contributed by atoms with Crippen LogP contribution >= 0.6 is 11.3 Å². The number of amides is 1. The summed E-state index contributed by atoms with van der Waals surface area (Å²) in [6.45, 7) is -0.306. The summed E-state index contributed by atoms with van der Waals surface area (Å²) >= 11 is 0.745. The number of carbonyl (C=O) groups is 4. The third-order valence-electron chi connectivity index (χ3n) is 4.70. The molecule has 0 saturated heterocycles. The first kappa shape index (κ1) is 24.3. The fourth-order valence-corrected chi connectivity index (χ4v) is 4.27. The lowest BCUT2D eigenvalue weighted by molar-refractivity contribution is -0.384. The maximum Gasteiger partial charge on any atom is 0.348 e. The van der Waals surface area contributed by atoms with Gasteiger partial charge in [-0.15, -0.1) is 11.3 Å². The Morgan fingerprint density at radius 3 is 2.44 bits per heavy atom. The molecule has 0 radical (unpaired) electrons. The van der Waals surface area contributed by atoms with E-state index in [9.17, 15) is 29.3 Å². The van der Waals surface area contributed by atoms with Gasteiger partial charge >= 0.3 is 17.9 Å². The van der Waals surface area contributed by atoms with Gasteiger partial charge in [0.05, 0.1) is 50.0 Å². The number of ether oxygens (including phenoxy) is 3. The van der Waals surface area contributed by atoms with Crippen LogP contribution in [0.15, 0.2) is 24.4 Å². The summed E-state index contributed by atoms with van der Waals surface area (Å²) in [4.78, 5) is 59.7. The Morgan fingerprint density at radius 1 is 1.12 bits per heavy atom. The first-order valence-corrected chi connectivity index (χ1v) is 10.3. The lowest BCUT2D eigenvalue weighted by Crippen LogP contribution is -2.20. The quantitative estimate of drug-likeness (QED) is 0.213. The van der Waals surface area contributed by atoms with Crippen LogP contribution in [0.5, 0.6) is 0 Å². The van der Waals surface area contributed by atoms with Gasteiger partial charge in [-0.05, 0) is 6.07 Å². The van der Waals surface area contributed by atoms with Gasteiger partial charge in [-0.3, -0.25) is 24.4 Å². The topological polar surface area (TPSA) is 169 Å². The lowest BCUT2D eigenvalue weighted by atomic mass is 10.1. The number of fused-ring (bicyclic) bond motifs is 1. The summed E-state index contributed by atoms with van der Waals surface area (Å²) in [7, 11) is 3.39. The van der Waals surface area contributed by atoms with Gasteiger partial charge in [-0.2, -0.15) is 5.10 Å². The normalized spacial score (nSPS) is 10.6. The molecule has 0 fully saturated rings. The van der Waals surface area contributed by atoms with Gasteiger partial charge in [0.25, 0.3) is 5.69 Å². The summed E-state index contributed by atoms with van der Waals surface area (Å²) in [5.74, 6) is -3.02. The third-order valence-corrected chi connectivity index (χ3v) is 5.83. The Kier molecular flexibility index (Phi) is 7.21. The number of aromatic nitrogens is 2. The van der Waals surface area contributed by atoms with Gasteiger partial charge in [-0.1, -0.05) is 0 Å². The number of hydrogen-bond donors (Lipinski definition) is 1. The molecule has 13 nitrogen and oxygen atoms in total. The molecule has 0 atom stereocenters. The van der Waals surface area contributed by atoms with E-state index in [4.69, 9.17) is 9.47 Å². The second kappa shape index (κ2) is 10.1. The summed E-state index contributed by atoms with van der Waals surface area (Å²) < 4.78 is 15.5. The minimum absolute atomic E-state index is 0.00250. The highest BCUT2D eigenvalue weighted by molar-refractivity contribution is 7.18. The lowest BCUT2D eigenvalue weighted by Gasteiger charge is -2.08. The van der Waals surface area contributed by atoms with Crippen LogP contribution in [0.4, 0.5) is 10.7 Å². The number of methoxy groups -OCH3 is 3. The van der Waals surface area contributed by atoms with E-state index in [1.807, 2.05) is 0 Å². The smallest absolute Gasteiger partial charge is 0.348 e. The van der Waals surface area contributed by atoms with Crippen LogP contribution in [0.2, 0.25) is 0 Å². The molecule has 3 aromatic rings. The summed E-state index contributed by atoms with van der Waals surface area (Å²) in [5, 5.41) is 18.0. The first-order chi connectivity index (χ1) is 16.2. The zero-order valence-electron chi connectivity index (χ0n) is 18.1. The molecule has 0 saturated carbocycles. The average Bonchev–Trinajstić information content (AvgIpc) is 3.38. The van der Waals surface area contributed by atoms with Crippen molar-refractivity contribution in [1.29, 1.82) is 0 Å². The number of nitro groups is 1. The van der Waals surface area contributed by atoms with Crippen molar-refractivity contribution in [2.45, 2.75) is 13.0 Å². The number of non-ortho nitro benzene ring substituents is 1. The van der Waals surface area contributed by atoms with E-state index in [0.717, 1.165) is 32.7 Å². The van der Waals surface area contributed by atoms with Crippen molar-refractivity contribution >= 4 is 56.7 Å². The van der Waals surface area contributed by atoms with Crippen molar-refractivity contribution in [2.24, 2.45) is 0 Å². The van der Waals surface area contributed by atoms with Crippen molar-refractivity contribution < 1.29 is 38.3 Å².